The van der Waals surface area contributed by atoms with Crippen molar-refractivity contribution in [1.82, 2.24) is 5.32 Å². The molecule has 1 rings (SSSR count). The summed E-state index contributed by atoms with van der Waals surface area (Å²) < 4.78 is 0. The fraction of sp³-hybridized carbons (Fsp3) is 0.647. The molecule has 0 aliphatic heterocycles. The fourth-order valence-corrected chi connectivity index (χ4v) is 2.40. The molecule has 0 unspecified atom stereocenters. The van der Waals surface area contributed by atoms with Crippen LogP contribution in [-0.2, 0) is 6.54 Å². The molecule has 2 nitrogen and oxygen atoms in total. The van der Waals surface area contributed by atoms with Crippen LogP contribution in [0, 0.1) is 5.92 Å². The highest BCUT2D eigenvalue weighted by Crippen LogP contribution is 2.25. The first kappa shape index (κ1) is 17.3. The number of nitrogens with one attached hydrogen (secondary N) is 1. The molecule has 0 saturated heterocycles. The number of benzene rings is 1. The molecule has 1 aromatic rings. The minimum Gasteiger partial charge on any atom is -0.371 e. The van der Waals surface area contributed by atoms with Gasteiger partial charge in [-0.05, 0) is 57.4 Å². The number of halogens is 1. The van der Waals surface area contributed by atoms with Crippen molar-refractivity contribution in [3.05, 3.63) is 28.8 Å². The molecule has 0 fully saturated rings. The lowest BCUT2D eigenvalue weighted by Gasteiger charge is -2.29. The second-order valence-corrected chi connectivity index (χ2v) is 7.25. The minimum atomic E-state index is 0.106. The van der Waals surface area contributed by atoms with E-state index in [-0.39, 0.29) is 5.54 Å². The van der Waals surface area contributed by atoms with Crippen LogP contribution < -0.4 is 10.2 Å². The Labute approximate surface area is 129 Å². The van der Waals surface area contributed by atoms with Crippen molar-refractivity contribution >= 4 is 17.3 Å². The van der Waals surface area contributed by atoms with Crippen LogP contribution in [0.25, 0.3) is 0 Å². The quantitative estimate of drug-likeness (QED) is 0.818. The molecule has 0 aromatic heterocycles. The van der Waals surface area contributed by atoms with E-state index in [2.05, 4.69) is 63.9 Å². The zero-order valence-electron chi connectivity index (χ0n) is 13.8. The van der Waals surface area contributed by atoms with Gasteiger partial charge in [-0.15, -0.1) is 0 Å². The third-order valence-electron chi connectivity index (χ3n) is 3.16. The van der Waals surface area contributed by atoms with E-state index in [1.807, 2.05) is 6.07 Å². The van der Waals surface area contributed by atoms with Crippen LogP contribution in [0.5, 0.6) is 0 Å². The predicted molar refractivity (Wildman–Crippen MR) is 90.8 cm³/mol. The van der Waals surface area contributed by atoms with Crippen LogP contribution >= 0.6 is 11.6 Å². The van der Waals surface area contributed by atoms with Gasteiger partial charge in [-0.3, -0.25) is 0 Å². The second kappa shape index (κ2) is 7.33. The Hall–Kier alpha value is -0.730. The number of rotatable bonds is 6. The van der Waals surface area contributed by atoms with Crippen LogP contribution in [-0.4, -0.2) is 18.6 Å². The topological polar surface area (TPSA) is 15.3 Å². The zero-order valence-corrected chi connectivity index (χ0v) is 14.5. The van der Waals surface area contributed by atoms with Gasteiger partial charge in [-0.1, -0.05) is 25.4 Å². The molecule has 1 N–H and O–H groups in total. The number of hydrogen-bond donors (Lipinski definition) is 1. The van der Waals surface area contributed by atoms with Crippen molar-refractivity contribution in [2.75, 3.05) is 18.0 Å². The van der Waals surface area contributed by atoms with E-state index >= 15 is 0 Å². The monoisotopic (exact) mass is 296 g/mol. The van der Waals surface area contributed by atoms with E-state index < -0.39 is 0 Å². The summed E-state index contributed by atoms with van der Waals surface area (Å²) in [5.41, 5.74) is 2.67. The molecule has 1 aromatic carbocycles. The van der Waals surface area contributed by atoms with Gasteiger partial charge in [0.15, 0.2) is 0 Å². The molecule has 3 heteroatoms. The summed E-state index contributed by atoms with van der Waals surface area (Å²) in [4.78, 5) is 2.43. The van der Waals surface area contributed by atoms with Crippen LogP contribution in [0.1, 0.15) is 47.1 Å². The van der Waals surface area contributed by atoms with Gasteiger partial charge in [0, 0.05) is 35.9 Å². The minimum absolute atomic E-state index is 0.106. The summed E-state index contributed by atoms with van der Waals surface area (Å²) in [5.74, 6) is 0.647. The Morgan fingerprint density at radius 1 is 1.25 bits per heavy atom. The third-order valence-corrected chi connectivity index (χ3v) is 3.39. The van der Waals surface area contributed by atoms with Gasteiger partial charge in [0.2, 0.25) is 0 Å². The maximum absolute atomic E-state index is 6.17. The molecule has 0 spiro atoms. The first-order chi connectivity index (χ1) is 9.23. The molecule has 0 bridgehead atoms. The van der Waals surface area contributed by atoms with Gasteiger partial charge in [0.1, 0.15) is 0 Å². The summed E-state index contributed by atoms with van der Waals surface area (Å²) >= 11 is 6.17. The standard InChI is InChI=1S/C17H29ClN2/c1-7-20(12-13(2)3)16-9-8-15(18)10-14(16)11-19-17(4,5)6/h8-10,13,19H,7,11-12H2,1-6H3. The molecule has 0 aliphatic rings. The van der Waals surface area contributed by atoms with Gasteiger partial charge in [-0.2, -0.15) is 0 Å². The van der Waals surface area contributed by atoms with Gasteiger partial charge < -0.3 is 10.2 Å². The maximum atomic E-state index is 6.17. The lowest BCUT2D eigenvalue weighted by atomic mass is 10.1. The van der Waals surface area contributed by atoms with Crippen LogP contribution in [0.2, 0.25) is 5.02 Å². The molecular weight excluding hydrogens is 268 g/mol. The van der Waals surface area contributed by atoms with Crippen molar-refractivity contribution in [1.29, 1.82) is 0 Å². The van der Waals surface area contributed by atoms with Gasteiger partial charge in [-0.25, -0.2) is 0 Å². The largest absolute Gasteiger partial charge is 0.371 e. The molecule has 0 aliphatic carbocycles. The highest BCUT2D eigenvalue weighted by molar-refractivity contribution is 6.30. The summed E-state index contributed by atoms with van der Waals surface area (Å²) in [6, 6.07) is 6.22. The van der Waals surface area contributed by atoms with Crippen molar-refractivity contribution < 1.29 is 0 Å². The predicted octanol–water partition coefficient (Wildman–Crippen LogP) is 4.71. The van der Waals surface area contributed by atoms with Crippen molar-refractivity contribution in [3.63, 3.8) is 0 Å². The zero-order chi connectivity index (χ0) is 15.3. The first-order valence-electron chi connectivity index (χ1n) is 7.51. The molecule has 0 atom stereocenters. The maximum Gasteiger partial charge on any atom is 0.0412 e. The molecule has 0 saturated carbocycles. The van der Waals surface area contributed by atoms with E-state index in [4.69, 9.17) is 11.6 Å². The second-order valence-electron chi connectivity index (χ2n) is 6.81. The summed E-state index contributed by atoms with van der Waals surface area (Å²) in [7, 11) is 0. The van der Waals surface area contributed by atoms with E-state index in [1.165, 1.54) is 11.3 Å². The Kier molecular flexibility index (Phi) is 6.35. The van der Waals surface area contributed by atoms with E-state index in [0.717, 1.165) is 24.7 Å². The van der Waals surface area contributed by atoms with Crippen molar-refractivity contribution in [2.45, 2.75) is 53.6 Å². The normalized spacial score (nSPS) is 12.0. The van der Waals surface area contributed by atoms with E-state index in [9.17, 15) is 0 Å². The molecule has 114 valence electrons. The average molecular weight is 297 g/mol. The molecular formula is C17H29ClN2. The Balaban J connectivity index is 2.99. The molecule has 20 heavy (non-hydrogen) atoms. The van der Waals surface area contributed by atoms with Gasteiger partial charge in [0.05, 0.1) is 0 Å². The first-order valence-corrected chi connectivity index (χ1v) is 7.89. The Morgan fingerprint density at radius 2 is 1.90 bits per heavy atom. The highest BCUT2D eigenvalue weighted by atomic mass is 35.5. The third kappa shape index (κ3) is 5.72. The van der Waals surface area contributed by atoms with Crippen molar-refractivity contribution in [2.24, 2.45) is 5.92 Å². The van der Waals surface area contributed by atoms with Crippen LogP contribution in [0.4, 0.5) is 5.69 Å². The van der Waals surface area contributed by atoms with Crippen LogP contribution in [0.3, 0.4) is 0 Å². The summed E-state index contributed by atoms with van der Waals surface area (Å²) in [5, 5.41) is 4.36. The van der Waals surface area contributed by atoms with Crippen molar-refractivity contribution in [3.8, 4) is 0 Å². The van der Waals surface area contributed by atoms with Gasteiger partial charge in [0.25, 0.3) is 0 Å². The molecule has 0 amide bonds. The number of nitrogens with zero attached hydrogens (tertiary/aromatic N) is 1. The lowest BCUT2D eigenvalue weighted by molar-refractivity contribution is 0.424. The average Bonchev–Trinajstić information content (AvgIpc) is 2.33. The Morgan fingerprint density at radius 3 is 2.40 bits per heavy atom. The lowest BCUT2D eigenvalue weighted by Crippen LogP contribution is -2.36. The highest BCUT2D eigenvalue weighted by Gasteiger charge is 2.14. The fourth-order valence-electron chi connectivity index (χ4n) is 2.20. The molecule has 0 radical (unpaired) electrons. The van der Waals surface area contributed by atoms with Crippen LogP contribution in [0.15, 0.2) is 18.2 Å². The van der Waals surface area contributed by atoms with E-state index in [0.29, 0.717) is 5.92 Å². The summed E-state index contributed by atoms with van der Waals surface area (Å²) in [6.07, 6.45) is 0. The van der Waals surface area contributed by atoms with E-state index in [1.54, 1.807) is 0 Å². The SMILES string of the molecule is CCN(CC(C)C)c1ccc(Cl)cc1CNC(C)(C)C. The van der Waals surface area contributed by atoms with Gasteiger partial charge >= 0.3 is 0 Å². The number of hydrogen-bond acceptors (Lipinski definition) is 2. The number of anilines is 1. The summed E-state index contributed by atoms with van der Waals surface area (Å²) in [6.45, 7) is 16.2. The Bertz CT molecular complexity index is 421. The molecule has 0 heterocycles. The smallest absolute Gasteiger partial charge is 0.0412 e.